The number of benzene rings is 1. The van der Waals surface area contributed by atoms with E-state index in [-0.39, 0.29) is 23.1 Å². The molecule has 184 valence electrons. The molecule has 1 unspecified atom stereocenters. The standard InChI is InChI=1S/C24H25ClFN5O4/c1-23(2)34-17-15(8-32)33-21(18(17)35-23)31-11-27-16-19(28-22(25)29-20(16)31)30-9-24(10-30)7-6-12-13(24)4-3-5-14(12)26/h3-5,11,15,17-18,21,32H,6-10H2,1-2H3/t15-,17?,18+,21-/m1/s1. The molecule has 1 spiro atoms. The Bertz CT molecular complexity index is 1340. The minimum atomic E-state index is -0.790. The first-order valence-electron chi connectivity index (χ1n) is 11.8. The van der Waals surface area contributed by atoms with Crippen molar-refractivity contribution in [3.05, 3.63) is 46.8 Å². The molecule has 3 fully saturated rings. The van der Waals surface area contributed by atoms with Crippen LogP contribution in [-0.4, -0.2) is 68.4 Å². The van der Waals surface area contributed by atoms with Gasteiger partial charge in [-0.25, -0.2) is 9.37 Å². The summed E-state index contributed by atoms with van der Waals surface area (Å²) in [6.45, 7) is 4.91. The van der Waals surface area contributed by atoms with Crippen LogP contribution in [0, 0.1) is 5.82 Å². The van der Waals surface area contributed by atoms with Crippen molar-refractivity contribution in [1.82, 2.24) is 19.5 Å². The van der Waals surface area contributed by atoms with E-state index in [0.717, 1.165) is 24.0 Å². The Labute approximate surface area is 205 Å². The Morgan fingerprint density at radius 3 is 2.80 bits per heavy atom. The van der Waals surface area contributed by atoms with Crippen LogP contribution in [0.5, 0.6) is 0 Å². The fourth-order valence-corrected chi connectivity index (χ4v) is 6.44. The van der Waals surface area contributed by atoms with Crippen LogP contribution in [-0.2, 0) is 26.0 Å². The molecular weight excluding hydrogens is 477 g/mol. The number of rotatable bonds is 3. The fraction of sp³-hybridized carbons (Fsp3) is 0.542. The van der Waals surface area contributed by atoms with Crippen LogP contribution in [0.15, 0.2) is 24.5 Å². The van der Waals surface area contributed by atoms with Crippen LogP contribution in [0.25, 0.3) is 11.2 Å². The number of fused-ring (bicyclic) bond motifs is 4. The molecule has 3 saturated heterocycles. The minimum absolute atomic E-state index is 0.0828. The number of hydrogen-bond donors (Lipinski definition) is 1. The molecule has 0 saturated carbocycles. The van der Waals surface area contributed by atoms with Gasteiger partial charge in [0.05, 0.1) is 12.9 Å². The Balaban J connectivity index is 1.23. The van der Waals surface area contributed by atoms with Crippen LogP contribution in [0.1, 0.15) is 37.6 Å². The van der Waals surface area contributed by atoms with Crippen molar-refractivity contribution in [1.29, 1.82) is 0 Å². The largest absolute Gasteiger partial charge is 0.394 e. The molecule has 4 aliphatic rings. The summed E-state index contributed by atoms with van der Waals surface area (Å²) in [6.07, 6.45) is 1.34. The number of hydrogen-bond acceptors (Lipinski definition) is 8. The number of aromatic nitrogens is 4. The van der Waals surface area contributed by atoms with Gasteiger partial charge in [-0.1, -0.05) is 12.1 Å². The van der Waals surface area contributed by atoms with Crippen molar-refractivity contribution in [3.63, 3.8) is 0 Å². The van der Waals surface area contributed by atoms with Crippen molar-refractivity contribution in [2.45, 2.75) is 62.4 Å². The average Bonchev–Trinajstić information content (AvgIpc) is 3.52. The third-order valence-electron chi connectivity index (χ3n) is 7.79. The van der Waals surface area contributed by atoms with Gasteiger partial charge in [-0.15, -0.1) is 0 Å². The summed E-state index contributed by atoms with van der Waals surface area (Å²) in [5.74, 6) is -0.269. The third kappa shape index (κ3) is 3.10. The van der Waals surface area contributed by atoms with Crippen LogP contribution in [0.4, 0.5) is 10.2 Å². The lowest BCUT2D eigenvalue weighted by atomic mass is 9.75. The van der Waals surface area contributed by atoms with Gasteiger partial charge in [0.25, 0.3) is 0 Å². The lowest BCUT2D eigenvalue weighted by molar-refractivity contribution is -0.199. The SMILES string of the molecule is CC1(C)OC2[C@@H](CO)O[C@@H](n3cnc4c(N5CC6(CCc7c(F)cccc76)C5)nc(Cl)nc43)[C@H]2O1. The number of nitrogens with zero attached hydrogens (tertiary/aromatic N) is 5. The second kappa shape index (κ2) is 7.33. The Morgan fingerprint density at radius 1 is 1.20 bits per heavy atom. The normalized spacial score (nSPS) is 30.1. The molecule has 3 aliphatic heterocycles. The molecule has 3 aromatic rings. The van der Waals surface area contributed by atoms with E-state index in [1.54, 1.807) is 17.0 Å². The summed E-state index contributed by atoms with van der Waals surface area (Å²) in [7, 11) is 0. The van der Waals surface area contributed by atoms with E-state index in [4.69, 9.17) is 25.8 Å². The molecule has 11 heteroatoms. The summed E-state index contributed by atoms with van der Waals surface area (Å²) < 4.78 is 34.3. The molecule has 1 N–H and O–H groups in total. The number of aliphatic hydroxyl groups is 1. The second-order valence-corrected chi connectivity index (χ2v) is 10.7. The summed E-state index contributed by atoms with van der Waals surface area (Å²) in [5, 5.41) is 9.94. The lowest BCUT2D eigenvalue weighted by Gasteiger charge is -2.49. The summed E-state index contributed by atoms with van der Waals surface area (Å²) in [4.78, 5) is 15.7. The topological polar surface area (TPSA) is 94.8 Å². The van der Waals surface area contributed by atoms with E-state index in [2.05, 4.69) is 19.9 Å². The maximum absolute atomic E-state index is 14.3. The molecular formula is C24H25ClFN5O4. The van der Waals surface area contributed by atoms with Gasteiger partial charge >= 0.3 is 0 Å². The number of anilines is 1. The van der Waals surface area contributed by atoms with Crippen molar-refractivity contribution in [2.75, 3.05) is 24.6 Å². The maximum atomic E-state index is 14.3. The molecule has 35 heavy (non-hydrogen) atoms. The zero-order chi connectivity index (χ0) is 24.1. The van der Waals surface area contributed by atoms with Crippen LogP contribution < -0.4 is 4.90 Å². The van der Waals surface area contributed by atoms with Crippen molar-refractivity contribution in [3.8, 4) is 0 Å². The highest BCUT2D eigenvalue weighted by molar-refractivity contribution is 6.28. The average molecular weight is 502 g/mol. The van der Waals surface area contributed by atoms with Crippen molar-refractivity contribution >= 4 is 28.6 Å². The highest BCUT2D eigenvalue weighted by Gasteiger charge is 2.56. The number of halogens is 2. The van der Waals surface area contributed by atoms with E-state index in [1.165, 1.54) is 6.07 Å². The predicted molar refractivity (Wildman–Crippen MR) is 124 cm³/mol. The molecule has 0 amide bonds. The van der Waals surface area contributed by atoms with E-state index in [0.29, 0.717) is 30.1 Å². The van der Waals surface area contributed by atoms with Crippen LogP contribution in [0.2, 0.25) is 5.28 Å². The quantitative estimate of drug-likeness (QED) is 0.547. The molecule has 0 bridgehead atoms. The summed E-state index contributed by atoms with van der Waals surface area (Å²) >= 11 is 6.37. The van der Waals surface area contributed by atoms with E-state index in [9.17, 15) is 9.50 Å². The van der Waals surface area contributed by atoms with E-state index >= 15 is 0 Å². The van der Waals surface area contributed by atoms with Gasteiger partial charge in [0.15, 0.2) is 29.0 Å². The zero-order valence-electron chi connectivity index (χ0n) is 19.3. The van der Waals surface area contributed by atoms with Crippen LogP contribution >= 0.6 is 11.6 Å². The Hall–Kier alpha value is -2.37. The minimum Gasteiger partial charge on any atom is -0.394 e. The molecule has 9 nitrogen and oxygen atoms in total. The highest BCUT2D eigenvalue weighted by atomic mass is 35.5. The first-order chi connectivity index (χ1) is 16.8. The van der Waals surface area contributed by atoms with Crippen LogP contribution in [0.3, 0.4) is 0 Å². The third-order valence-corrected chi connectivity index (χ3v) is 7.95. The maximum Gasteiger partial charge on any atom is 0.226 e. The van der Waals surface area contributed by atoms with Crippen molar-refractivity contribution in [2.24, 2.45) is 0 Å². The van der Waals surface area contributed by atoms with Gasteiger partial charge in [0, 0.05) is 18.5 Å². The monoisotopic (exact) mass is 501 g/mol. The number of aliphatic hydroxyl groups excluding tert-OH is 1. The number of ether oxygens (including phenoxy) is 3. The van der Waals surface area contributed by atoms with E-state index < -0.39 is 30.3 Å². The second-order valence-electron chi connectivity index (χ2n) is 10.4. The van der Waals surface area contributed by atoms with Gasteiger partial charge in [-0.3, -0.25) is 4.57 Å². The number of imidazole rings is 1. The lowest BCUT2D eigenvalue weighted by Crippen LogP contribution is -2.58. The van der Waals surface area contributed by atoms with Gasteiger partial charge in [0.2, 0.25) is 5.28 Å². The van der Waals surface area contributed by atoms with E-state index in [1.807, 2.05) is 19.9 Å². The zero-order valence-corrected chi connectivity index (χ0v) is 20.1. The van der Waals surface area contributed by atoms with Gasteiger partial charge in [-0.2, -0.15) is 9.97 Å². The Morgan fingerprint density at radius 2 is 2.00 bits per heavy atom. The summed E-state index contributed by atoms with van der Waals surface area (Å²) in [6, 6.07) is 5.36. The highest BCUT2D eigenvalue weighted by Crippen LogP contribution is 2.49. The predicted octanol–water partition coefficient (Wildman–Crippen LogP) is 2.73. The molecule has 1 aliphatic carbocycles. The van der Waals surface area contributed by atoms with Gasteiger partial charge in [-0.05, 0) is 55.5 Å². The van der Waals surface area contributed by atoms with Gasteiger partial charge < -0.3 is 24.2 Å². The fourth-order valence-electron chi connectivity index (χ4n) is 6.28. The first-order valence-corrected chi connectivity index (χ1v) is 12.2. The molecule has 2 aromatic heterocycles. The molecule has 4 atom stereocenters. The summed E-state index contributed by atoms with van der Waals surface area (Å²) in [5.41, 5.74) is 2.97. The molecule has 0 radical (unpaired) electrons. The van der Waals surface area contributed by atoms with Gasteiger partial charge in [0.1, 0.15) is 24.1 Å². The smallest absolute Gasteiger partial charge is 0.226 e. The first kappa shape index (κ1) is 21.9. The molecule has 7 rings (SSSR count). The molecule has 1 aromatic carbocycles. The Kier molecular flexibility index (Phi) is 4.58. The molecule has 5 heterocycles. The van der Waals surface area contributed by atoms with Crippen molar-refractivity contribution < 1.29 is 23.7 Å².